The first-order valence-corrected chi connectivity index (χ1v) is 4.65. The molecular formula is C9H17NO3. The molecule has 0 aromatic rings. The Hall–Kier alpha value is -0.610. The van der Waals surface area contributed by atoms with E-state index in [0.29, 0.717) is 6.04 Å². The van der Waals surface area contributed by atoms with Crippen LogP contribution in [0, 0.1) is 0 Å². The lowest BCUT2D eigenvalue weighted by molar-refractivity contribution is -0.139. The molecule has 1 aliphatic heterocycles. The van der Waals surface area contributed by atoms with Gasteiger partial charge in [-0.3, -0.25) is 4.79 Å². The first-order chi connectivity index (χ1) is 6.13. The number of hydrogen-bond acceptors (Lipinski definition) is 3. The number of aliphatic carboxylic acids is 1. The van der Waals surface area contributed by atoms with E-state index in [9.17, 15) is 4.79 Å². The molecule has 76 valence electrons. The molecule has 0 aromatic carbocycles. The summed E-state index contributed by atoms with van der Waals surface area (Å²) in [6.07, 6.45) is 2.76. The zero-order valence-electron chi connectivity index (χ0n) is 8.12. The molecule has 4 nitrogen and oxygen atoms in total. The quantitative estimate of drug-likeness (QED) is 0.677. The van der Waals surface area contributed by atoms with E-state index in [2.05, 4.69) is 5.32 Å². The summed E-state index contributed by atoms with van der Waals surface area (Å²) in [5.41, 5.74) is 0. The number of carboxylic acids is 1. The van der Waals surface area contributed by atoms with Crippen LogP contribution in [0.15, 0.2) is 0 Å². The van der Waals surface area contributed by atoms with Gasteiger partial charge in [0, 0.05) is 13.2 Å². The highest BCUT2D eigenvalue weighted by atomic mass is 16.5. The molecule has 0 bridgehead atoms. The molecule has 0 amide bonds. The van der Waals surface area contributed by atoms with Crippen LogP contribution in [-0.4, -0.2) is 36.4 Å². The van der Waals surface area contributed by atoms with Crippen LogP contribution in [0.4, 0.5) is 0 Å². The van der Waals surface area contributed by atoms with Gasteiger partial charge in [-0.05, 0) is 26.2 Å². The molecule has 0 spiro atoms. The summed E-state index contributed by atoms with van der Waals surface area (Å²) in [5.74, 6) is -0.743. The Balaban J connectivity index is 2.29. The van der Waals surface area contributed by atoms with Crippen LogP contribution in [0.25, 0.3) is 0 Å². The Bertz CT molecular complexity index is 184. The van der Waals surface area contributed by atoms with Crippen LogP contribution in [0.3, 0.4) is 0 Å². The fourth-order valence-electron chi connectivity index (χ4n) is 1.70. The van der Waals surface area contributed by atoms with E-state index >= 15 is 0 Å². The van der Waals surface area contributed by atoms with Crippen LogP contribution < -0.4 is 5.32 Å². The summed E-state index contributed by atoms with van der Waals surface area (Å²) in [4.78, 5) is 10.6. The summed E-state index contributed by atoms with van der Waals surface area (Å²) in [6, 6.07) is -0.0508. The molecule has 4 heteroatoms. The average molecular weight is 187 g/mol. The molecule has 3 atom stereocenters. The predicted molar refractivity (Wildman–Crippen MR) is 48.7 cm³/mol. The molecule has 13 heavy (non-hydrogen) atoms. The molecule has 1 rings (SSSR count). The Kier molecular flexibility index (Phi) is 3.69. The molecule has 0 radical (unpaired) electrons. The third-order valence-electron chi connectivity index (χ3n) is 2.56. The fraction of sp³-hybridized carbons (Fsp3) is 0.889. The van der Waals surface area contributed by atoms with E-state index in [0.717, 1.165) is 19.3 Å². The van der Waals surface area contributed by atoms with Crippen molar-refractivity contribution in [2.24, 2.45) is 0 Å². The Labute approximate surface area is 78.3 Å². The molecule has 3 unspecified atom stereocenters. The number of ether oxygens (including phenoxy) is 1. The van der Waals surface area contributed by atoms with Crippen LogP contribution in [0.2, 0.25) is 0 Å². The second-order valence-corrected chi connectivity index (χ2v) is 3.61. The monoisotopic (exact) mass is 187 g/mol. The third-order valence-corrected chi connectivity index (χ3v) is 2.56. The minimum absolute atomic E-state index is 0.199. The van der Waals surface area contributed by atoms with Crippen molar-refractivity contribution in [3.8, 4) is 0 Å². The van der Waals surface area contributed by atoms with Crippen molar-refractivity contribution in [2.45, 2.75) is 44.4 Å². The molecule has 0 aliphatic carbocycles. The minimum Gasteiger partial charge on any atom is -0.480 e. The van der Waals surface area contributed by atoms with Gasteiger partial charge in [0.2, 0.25) is 0 Å². The highest BCUT2D eigenvalue weighted by Gasteiger charge is 2.29. The molecular weight excluding hydrogens is 170 g/mol. The number of carboxylic acid groups (broad SMARTS) is 1. The van der Waals surface area contributed by atoms with Crippen LogP contribution in [0.5, 0.6) is 0 Å². The van der Waals surface area contributed by atoms with Gasteiger partial charge in [0.15, 0.2) is 0 Å². The molecule has 1 saturated heterocycles. The highest BCUT2D eigenvalue weighted by Crippen LogP contribution is 2.17. The highest BCUT2D eigenvalue weighted by molar-refractivity contribution is 5.73. The molecule has 1 heterocycles. The second kappa shape index (κ2) is 4.58. The summed E-state index contributed by atoms with van der Waals surface area (Å²) in [7, 11) is 1.67. The molecule has 1 fully saturated rings. The zero-order chi connectivity index (χ0) is 9.84. The maximum atomic E-state index is 10.6. The zero-order valence-corrected chi connectivity index (χ0v) is 8.12. The number of nitrogens with one attached hydrogen (secondary N) is 1. The Morgan fingerprint density at radius 3 is 2.85 bits per heavy atom. The van der Waals surface area contributed by atoms with Crippen molar-refractivity contribution in [1.29, 1.82) is 0 Å². The van der Waals surface area contributed by atoms with E-state index in [1.54, 1.807) is 7.11 Å². The standard InChI is InChI=1S/C9H17NO3/c1-6(13-2)5-7-3-4-8(10-7)9(11)12/h6-8,10H,3-5H2,1-2H3,(H,11,12). The van der Waals surface area contributed by atoms with Gasteiger partial charge >= 0.3 is 5.97 Å². The largest absolute Gasteiger partial charge is 0.480 e. The van der Waals surface area contributed by atoms with E-state index in [4.69, 9.17) is 9.84 Å². The molecule has 1 aliphatic rings. The van der Waals surface area contributed by atoms with Crippen molar-refractivity contribution in [3.05, 3.63) is 0 Å². The maximum absolute atomic E-state index is 10.6. The predicted octanol–water partition coefficient (Wildman–Crippen LogP) is 0.617. The number of rotatable bonds is 4. The van der Waals surface area contributed by atoms with Crippen LogP contribution >= 0.6 is 0 Å². The summed E-state index contributed by atoms with van der Waals surface area (Å²) in [6.45, 7) is 2.00. The average Bonchev–Trinajstić information content (AvgIpc) is 2.52. The lowest BCUT2D eigenvalue weighted by atomic mass is 10.1. The van der Waals surface area contributed by atoms with Crippen molar-refractivity contribution < 1.29 is 14.6 Å². The lowest BCUT2D eigenvalue weighted by Gasteiger charge is -2.15. The summed E-state index contributed by atoms with van der Waals surface area (Å²) in [5, 5.41) is 11.8. The van der Waals surface area contributed by atoms with Crippen LogP contribution in [0.1, 0.15) is 26.2 Å². The van der Waals surface area contributed by atoms with Gasteiger partial charge in [0.05, 0.1) is 6.10 Å². The van der Waals surface area contributed by atoms with Gasteiger partial charge in [-0.2, -0.15) is 0 Å². The Morgan fingerprint density at radius 1 is 1.69 bits per heavy atom. The van der Waals surface area contributed by atoms with Gasteiger partial charge in [-0.15, -0.1) is 0 Å². The van der Waals surface area contributed by atoms with Crippen molar-refractivity contribution in [2.75, 3.05) is 7.11 Å². The first kappa shape index (κ1) is 10.5. The number of methoxy groups -OCH3 is 1. The van der Waals surface area contributed by atoms with Crippen molar-refractivity contribution in [3.63, 3.8) is 0 Å². The van der Waals surface area contributed by atoms with E-state index in [1.807, 2.05) is 6.92 Å². The number of hydrogen-bond donors (Lipinski definition) is 2. The summed E-state index contributed by atoms with van der Waals surface area (Å²) < 4.78 is 5.12. The van der Waals surface area contributed by atoms with Gasteiger partial charge in [-0.1, -0.05) is 0 Å². The SMILES string of the molecule is COC(C)CC1CCC(C(=O)O)N1. The molecule has 0 aromatic heterocycles. The smallest absolute Gasteiger partial charge is 0.320 e. The van der Waals surface area contributed by atoms with Gasteiger partial charge < -0.3 is 15.2 Å². The first-order valence-electron chi connectivity index (χ1n) is 4.65. The van der Waals surface area contributed by atoms with E-state index in [1.165, 1.54) is 0 Å². The minimum atomic E-state index is -0.743. The van der Waals surface area contributed by atoms with Crippen molar-refractivity contribution in [1.82, 2.24) is 5.32 Å². The van der Waals surface area contributed by atoms with Gasteiger partial charge in [-0.25, -0.2) is 0 Å². The maximum Gasteiger partial charge on any atom is 0.320 e. The molecule has 2 N–H and O–H groups in total. The summed E-state index contributed by atoms with van der Waals surface area (Å²) >= 11 is 0. The lowest BCUT2D eigenvalue weighted by Crippen LogP contribution is -2.36. The molecule has 0 saturated carbocycles. The van der Waals surface area contributed by atoms with E-state index in [-0.39, 0.29) is 12.1 Å². The van der Waals surface area contributed by atoms with Gasteiger partial charge in [0.1, 0.15) is 6.04 Å². The van der Waals surface area contributed by atoms with Gasteiger partial charge in [0.25, 0.3) is 0 Å². The topological polar surface area (TPSA) is 58.6 Å². The third kappa shape index (κ3) is 2.97. The Morgan fingerprint density at radius 2 is 2.38 bits per heavy atom. The second-order valence-electron chi connectivity index (χ2n) is 3.61. The van der Waals surface area contributed by atoms with Crippen LogP contribution in [-0.2, 0) is 9.53 Å². The van der Waals surface area contributed by atoms with E-state index < -0.39 is 5.97 Å². The fourth-order valence-corrected chi connectivity index (χ4v) is 1.70. The normalized spacial score (nSPS) is 30.3. The van der Waals surface area contributed by atoms with Crippen molar-refractivity contribution >= 4 is 5.97 Å². The number of carbonyl (C=O) groups is 1.